The van der Waals surface area contributed by atoms with Crippen LogP contribution in [0.2, 0.25) is 0 Å². The molecular weight excluding hydrogens is 306 g/mol. The first-order valence-corrected chi connectivity index (χ1v) is 8.96. The molecule has 0 spiro atoms. The highest BCUT2D eigenvalue weighted by Crippen LogP contribution is 2.41. The molecule has 3 heteroatoms. The summed E-state index contributed by atoms with van der Waals surface area (Å²) in [6, 6.07) is 13.0. The maximum Gasteiger partial charge on any atom is 0.101 e. The van der Waals surface area contributed by atoms with Crippen molar-refractivity contribution < 1.29 is 0 Å². The van der Waals surface area contributed by atoms with Crippen molar-refractivity contribution in [1.29, 1.82) is 0 Å². The molecule has 2 aliphatic rings. The summed E-state index contributed by atoms with van der Waals surface area (Å²) in [4.78, 5) is 4.16. The van der Waals surface area contributed by atoms with Gasteiger partial charge in [0, 0.05) is 29.4 Å². The lowest BCUT2D eigenvalue weighted by Gasteiger charge is -2.14. The zero-order valence-electron chi connectivity index (χ0n) is 14.0. The molecule has 0 radical (unpaired) electrons. The van der Waals surface area contributed by atoms with Crippen LogP contribution in [0.5, 0.6) is 0 Å². The summed E-state index contributed by atoms with van der Waals surface area (Å²) >= 11 is 0. The van der Waals surface area contributed by atoms with Crippen LogP contribution in [-0.4, -0.2) is 15.2 Å². The summed E-state index contributed by atoms with van der Waals surface area (Å²) in [6.45, 7) is 0. The lowest BCUT2D eigenvalue weighted by molar-refractivity contribution is 0.915. The van der Waals surface area contributed by atoms with Gasteiger partial charge in [-0.1, -0.05) is 24.3 Å². The number of hydrogen-bond acceptors (Lipinski definition) is 3. The Bertz CT molecular complexity index is 956. The molecule has 2 aliphatic carbocycles. The Morgan fingerprint density at radius 3 is 2.60 bits per heavy atom. The number of aromatic nitrogens is 3. The molecule has 0 saturated heterocycles. The fraction of sp³-hybridized carbons (Fsp3) is 0.227. The SMILES string of the molecule is C1=Cc2ccc(-c3nnc(C4CC4)cc3-c3ccncc3)cc2CC1. The average Bonchev–Trinajstić information content (AvgIpc) is 3.53. The molecule has 2 aromatic heterocycles. The van der Waals surface area contributed by atoms with Gasteiger partial charge in [-0.05, 0) is 66.6 Å². The number of nitrogens with zero attached hydrogens (tertiary/aromatic N) is 3. The molecule has 25 heavy (non-hydrogen) atoms. The molecule has 0 N–H and O–H groups in total. The first-order valence-electron chi connectivity index (χ1n) is 8.96. The van der Waals surface area contributed by atoms with Crippen molar-refractivity contribution in [3.05, 3.63) is 71.7 Å². The lowest BCUT2D eigenvalue weighted by Crippen LogP contribution is -1.99. The van der Waals surface area contributed by atoms with Gasteiger partial charge in [0.1, 0.15) is 5.69 Å². The van der Waals surface area contributed by atoms with Crippen LogP contribution < -0.4 is 0 Å². The Morgan fingerprint density at radius 1 is 0.880 bits per heavy atom. The number of rotatable bonds is 3. The van der Waals surface area contributed by atoms with Crippen LogP contribution in [-0.2, 0) is 6.42 Å². The molecule has 1 aromatic carbocycles. The number of aryl methyl sites for hydroxylation is 1. The average molecular weight is 325 g/mol. The molecule has 0 bridgehead atoms. The Labute approximate surface area is 147 Å². The van der Waals surface area contributed by atoms with Gasteiger partial charge in [-0.25, -0.2) is 0 Å². The fourth-order valence-electron chi connectivity index (χ4n) is 3.53. The van der Waals surface area contributed by atoms with E-state index in [0.29, 0.717) is 5.92 Å². The third kappa shape index (κ3) is 2.76. The van der Waals surface area contributed by atoms with Crippen molar-refractivity contribution in [2.24, 2.45) is 0 Å². The molecule has 5 rings (SSSR count). The van der Waals surface area contributed by atoms with E-state index in [2.05, 4.69) is 63.7 Å². The third-order valence-corrected chi connectivity index (χ3v) is 5.09. The maximum atomic E-state index is 4.65. The van der Waals surface area contributed by atoms with Gasteiger partial charge in [0.15, 0.2) is 0 Å². The van der Waals surface area contributed by atoms with E-state index < -0.39 is 0 Å². The van der Waals surface area contributed by atoms with Crippen molar-refractivity contribution in [1.82, 2.24) is 15.2 Å². The van der Waals surface area contributed by atoms with Gasteiger partial charge in [0.2, 0.25) is 0 Å². The van der Waals surface area contributed by atoms with E-state index in [9.17, 15) is 0 Å². The molecule has 1 fully saturated rings. The normalized spacial score (nSPS) is 15.8. The van der Waals surface area contributed by atoms with E-state index in [0.717, 1.165) is 40.9 Å². The highest BCUT2D eigenvalue weighted by molar-refractivity contribution is 5.81. The van der Waals surface area contributed by atoms with Gasteiger partial charge in [-0.15, -0.1) is 5.10 Å². The van der Waals surface area contributed by atoms with Crippen LogP contribution >= 0.6 is 0 Å². The van der Waals surface area contributed by atoms with Crippen molar-refractivity contribution in [2.75, 3.05) is 0 Å². The van der Waals surface area contributed by atoms with Crippen molar-refractivity contribution >= 4 is 6.08 Å². The Hall–Kier alpha value is -2.81. The van der Waals surface area contributed by atoms with Gasteiger partial charge in [-0.2, -0.15) is 5.10 Å². The lowest BCUT2D eigenvalue weighted by atomic mass is 9.92. The minimum atomic E-state index is 0.593. The van der Waals surface area contributed by atoms with Crippen LogP contribution in [0, 0.1) is 0 Å². The maximum absolute atomic E-state index is 4.65. The highest BCUT2D eigenvalue weighted by Gasteiger charge is 2.27. The molecule has 0 aliphatic heterocycles. The summed E-state index contributed by atoms with van der Waals surface area (Å²) in [5.74, 6) is 0.593. The number of pyridine rings is 1. The molecule has 0 atom stereocenters. The van der Waals surface area contributed by atoms with Crippen LogP contribution in [0.25, 0.3) is 28.5 Å². The van der Waals surface area contributed by atoms with E-state index in [-0.39, 0.29) is 0 Å². The quantitative estimate of drug-likeness (QED) is 0.677. The summed E-state index contributed by atoms with van der Waals surface area (Å²) in [5.41, 5.74) is 8.27. The predicted octanol–water partition coefficient (Wildman–Crippen LogP) is 5.04. The second-order valence-corrected chi connectivity index (χ2v) is 6.90. The van der Waals surface area contributed by atoms with Gasteiger partial charge >= 0.3 is 0 Å². The zero-order valence-corrected chi connectivity index (χ0v) is 14.0. The van der Waals surface area contributed by atoms with Crippen molar-refractivity contribution in [2.45, 2.75) is 31.6 Å². The van der Waals surface area contributed by atoms with Crippen molar-refractivity contribution in [3.8, 4) is 22.4 Å². The summed E-state index contributed by atoms with van der Waals surface area (Å²) < 4.78 is 0. The first kappa shape index (κ1) is 14.5. The van der Waals surface area contributed by atoms with Crippen LogP contribution in [0.3, 0.4) is 0 Å². The van der Waals surface area contributed by atoms with Crippen molar-refractivity contribution in [3.63, 3.8) is 0 Å². The molecule has 3 aromatic rings. The van der Waals surface area contributed by atoms with E-state index >= 15 is 0 Å². The largest absolute Gasteiger partial charge is 0.265 e. The van der Waals surface area contributed by atoms with Gasteiger partial charge in [0.25, 0.3) is 0 Å². The van der Waals surface area contributed by atoms with Crippen LogP contribution in [0.15, 0.2) is 54.9 Å². The first-order chi connectivity index (χ1) is 12.4. The van der Waals surface area contributed by atoms with Gasteiger partial charge in [0.05, 0.1) is 5.69 Å². The van der Waals surface area contributed by atoms with Gasteiger partial charge in [-0.3, -0.25) is 4.98 Å². The monoisotopic (exact) mass is 325 g/mol. The number of allylic oxidation sites excluding steroid dienone is 1. The van der Waals surface area contributed by atoms with Gasteiger partial charge < -0.3 is 0 Å². The minimum Gasteiger partial charge on any atom is -0.265 e. The van der Waals surface area contributed by atoms with Crippen LogP contribution in [0.1, 0.15) is 42.0 Å². The molecule has 2 heterocycles. The number of hydrogen-bond donors (Lipinski definition) is 0. The molecule has 122 valence electrons. The smallest absolute Gasteiger partial charge is 0.101 e. The molecular formula is C22H19N3. The number of benzene rings is 1. The van der Waals surface area contributed by atoms with Crippen LogP contribution in [0.4, 0.5) is 0 Å². The molecule has 0 unspecified atom stereocenters. The highest BCUT2D eigenvalue weighted by atomic mass is 15.1. The standard InChI is InChI=1S/C22H19N3/c1-2-4-18-13-19(8-5-15(18)3-1)22-20(16-9-11-23-12-10-16)14-21(24-25-22)17-6-7-17/h1,3,5,8-14,17H,2,4,6-7H2. The Kier molecular flexibility index (Phi) is 3.44. The topological polar surface area (TPSA) is 38.7 Å². The second-order valence-electron chi connectivity index (χ2n) is 6.90. The second kappa shape index (κ2) is 5.92. The van der Waals surface area contributed by atoms with E-state index in [1.807, 2.05) is 12.4 Å². The van der Waals surface area contributed by atoms with E-state index in [1.54, 1.807) is 0 Å². The summed E-state index contributed by atoms with van der Waals surface area (Å²) in [7, 11) is 0. The van der Waals surface area contributed by atoms with E-state index in [1.165, 1.54) is 24.0 Å². The number of fused-ring (bicyclic) bond motifs is 1. The minimum absolute atomic E-state index is 0.593. The predicted molar refractivity (Wildman–Crippen MR) is 100 cm³/mol. The van der Waals surface area contributed by atoms with E-state index in [4.69, 9.17) is 0 Å². The third-order valence-electron chi connectivity index (χ3n) is 5.09. The molecule has 3 nitrogen and oxygen atoms in total. The Morgan fingerprint density at radius 2 is 1.76 bits per heavy atom. The zero-order chi connectivity index (χ0) is 16.6. The molecule has 0 amide bonds. The molecule has 1 saturated carbocycles. The Balaban J connectivity index is 1.66. The summed E-state index contributed by atoms with van der Waals surface area (Å²) in [5, 5.41) is 9.18. The fourth-order valence-corrected chi connectivity index (χ4v) is 3.53. The summed E-state index contributed by atoms with van der Waals surface area (Å²) in [6.07, 6.45) is 12.8.